The summed E-state index contributed by atoms with van der Waals surface area (Å²) in [4.78, 5) is 21.7. The van der Waals surface area contributed by atoms with E-state index in [2.05, 4.69) is 27.9 Å². The van der Waals surface area contributed by atoms with Gasteiger partial charge in [-0.2, -0.15) is 5.48 Å². The fourth-order valence-corrected chi connectivity index (χ4v) is 5.90. The van der Waals surface area contributed by atoms with Gasteiger partial charge in [-0.1, -0.05) is 6.92 Å². The van der Waals surface area contributed by atoms with Crippen LogP contribution in [0, 0.1) is 11.8 Å². The fraction of sp³-hybridized carbons (Fsp3) is 0.950. The van der Waals surface area contributed by atoms with Crippen molar-refractivity contribution in [1.82, 2.24) is 15.7 Å². The lowest BCUT2D eigenvalue weighted by Gasteiger charge is -2.39. The van der Waals surface area contributed by atoms with Gasteiger partial charge in [-0.05, 0) is 19.3 Å². The van der Waals surface area contributed by atoms with E-state index in [0.29, 0.717) is 18.1 Å². The van der Waals surface area contributed by atoms with Crippen molar-refractivity contribution in [3.05, 3.63) is 0 Å². The lowest BCUT2D eigenvalue weighted by atomic mass is 9.90. The Labute approximate surface area is 168 Å². The van der Waals surface area contributed by atoms with Gasteiger partial charge in [0.05, 0.1) is 25.8 Å². The SMILES string of the molecule is CCC[NH+]1CCCC1C1NC(C2CC[NH2+]C(N3CCC(C(N)=O)CC3)C2)NO1. The number of quaternary nitrogens is 2. The molecule has 6 unspecified atom stereocenters. The van der Waals surface area contributed by atoms with E-state index >= 15 is 0 Å². The Hall–Kier alpha value is -0.770. The van der Waals surface area contributed by atoms with Crippen LogP contribution in [0.3, 0.4) is 0 Å². The zero-order valence-electron chi connectivity index (χ0n) is 17.4. The minimum Gasteiger partial charge on any atom is -0.369 e. The Morgan fingerprint density at radius 2 is 2.11 bits per heavy atom. The third kappa shape index (κ3) is 4.52. The van der Waals surface area contributed by atoms with Gasteiger partial charge < -0.3 is 16.0 Å². The molecule has 4 aliphatic rings. The van der Waals surface area contributed by atoms with Crippen LogP contribution < -0.4 is 26.7 Å². The number of rotatable bonds is 6. The molecule has 0 radical (unpaired) electrons. The molecule has 4 rings (SSSR count). The highest BCUT2D eigenvalue weighted by atomic mass is 16.7. The molecule has 160 valence electrons. The first kappa shape index (κ1) is 20.5. The first-order chi connectivity index (χ1) is 13.7. The molecule has 0 aromatic rings. The monoisotopic (exact) mass is 396 g/mol. The number of nitrogens with one attached hydrogen (secondary N) is 3. The molecule has 6 atom stereocenters. The first-order valence-electron chi connectivity index (χ1n) is 11.5. The van der Waals surface area contributed by atoms with E-state index in [1.165, 1.54) is 38.8 Å². The average molecular weight is 397 g/mol. The van der Waals surface area contributed by atoms with Crippen LogP contribution in [0.1, 0.15) is 51.9 Å². The summed E-state index contributed by atoms with van der Waals surface area (Å²) in [5, 5.41) is 6.27. The summed E-state index contributed by atoms with van der Waals surface area (Å²) in [6.45, 7) is 7.95. The average Bonchev–Trinajstić information content (AvgIpc) is 3.38. The highest BCUT2D eigenvalue weighted by Gasteiger charge is 2.44. The van der Waals surface area contributed by atoms with Gasteiger partial charge in [-0.3, -0.25) is 19.8 Å². The summed E-state index contributed by atoms with van der Waals surface area (Å²) < 4.78 is 0. The lowest BCUT2D eigenvalue weighted by Crippen LogP contribution is -3.15. The highest BCUT2D eigenvalue weighted by molar-refractivity contribution is 5.76. The second kappa shape index (κ2) is 9.36. The zero-order chi connectivity index (χ0) is 19.5. The number of hydrogen-bond acceptors (Lipinski definition) is 5. The molecule has 28 heavy (non-hydrogen) atoms. The quantitative estimate of drug-likeness (QED) is 0.348. The van der Waals surface area contributed by atoms with Crippen LogP contribution in [0.2, 0.25) is 0 Å². The molecule has 0 aromatic carbocycles. The number of hydroxylamine groups is 1. The van der Waals surface area contributed by atoms with Crippen LogP contribution >= 0.6 is 0 Å². The number of primary amides is 1. The molecular weight excluding hydrogens is 356 g/mol. The number of carbonyl (C=O) groups excluding carboxylic acids is 1. The lowest BCUT2D eigenvalue weighted by molar-refractivity contribution is -0.916. The summed E-state index contributed by atoms with van der Waals surface area (Å²) in [7, 11) is 0. The number of nitrogens with zero attached hydrogens (tertiary/aromatic N) is 1. The summed E-state index contributed by atoms with van der Waals surface area (Å²) in [6.07, 6.45) is 8.93. The van der Waals surface area contributed by atoms with Gasteiger partial charge in [0.1, 0.15) is 12.2 Å². The van der Waals surface area contributed by atoms with Crippen LogP contribution in [0.4, 0.5) is 0 Å². The van der Waals surface area contributed by atoms with Crippen LogP contribution in [0.15, 0.2) is 0 Å². The van der Waals surface area contributed by atoms with Crippen molar-refractivity contribution >= 4 is 5.91 Å². The summed E-state index contributed by atoms with van der Waals surface area (Å²) in [6, 6.07) is 0.580. The Kier molecular flexibility index (Phi) is 6.85. The van der Waals surface area contributed by atoms with E-state index in [1.807, 2.05) is 0 Å². The van der Waals surface area contributed by atoms with E-state index in [0.717, 1.165) is 38.9 Å². The van der Waals surface area contributed by atoms with Crippen molar-refractivity contribution < 1.29 is 19.8 Å². The molecular formula is C20H40N6O2+2. The molecule has 0 bridgehead atoms. The number of nitrogens with two attached hydrogens (primary N) is 2. The molecule has 4 fully saturated rings. The maximum Gasteiger partial charge on any atom is 0.220 e. The van der Waals surface area contributed by atoms with Crippen LogP contribution in [-0.4, -0.2) is 68.1 Å². The van der Waals surface area contributed by atoms with Crippen molar-refractivity contribution in [2.24, 2.45) is 17.6 Å². The third-order valence-electron chi connectivity index (χ3n) is 7.53. The minimum atomic E-state index is -0.126. The molecule has 4 aliphatic heterocycles. The van der Waals surface area contributed by atoms with Gasteiger partial charge in [0, 0.05) is 50.6 Å². The normalized spacial score (nSPS) is 40.8. The molecule has 4 heterocycles. The molecule has 0 aliphatic carbocycles. The number of likely N-dealkylation sites (tertiary alicyclic amines) is 2. The van der Waals surface area contributed by atoms with Gasteiger partial charge in [-0.25, -0.2) is 0 Å². The van der Waals surface area contributed by atoms with Gasteiger partial charge in [0.2, 0.25) is 5.91 Å². The Balaban J connectivity index is 1.28. The zero-order valence-corrected chi connectivity index (χ0v) is 17.4. The van der Waals surface area contributed by atoms with Crippen molar-refractivity contribution in [2.45, 2.75) is 76.5 Å². The Morgan fingerprint density at radius 1 is 1.29 bits per heavy atom. The standard InChI is InChI=1S/C20H38N6O2/c1-2-9-25-10-3-4-16(25)20-23-19(24-28-20)15-5-8-22-17(13-15)26-11-6-14(7-12-26)18(21)27/h14-17,19-20,22-24H,2-13H2,1H3,(H2,21,27)/p+2. The molecule has 8 heteroatoms. The molecule has 8 nitrogen and oxygen atoms in total. The van der Waals surface area contributed by atoms with Gasteiger partial charge >= 0.3 is 0 Å². The van der Waals surface area contributed by atoms with Crippen LogP contribution in [0.25, 0.3) is 0 Å². The molecule has 4 saturated heterocycles. The third-order valence-corrected chi connectivity index (χ3v) is 7.53. The van der Waals surface area contributed by atoms with Crippen molar-refractivity contribution in [3.8, 4) is 0 Å². The molecule has 0 spiro atoms. The summed E-state index contributed by atoms with van der Waals surface area (Å²) in [5.41, 5.74) is 8.84. The van der Waals surface area contributed by atoms with Gasteiger partial charge in [0.15, 0.2) is 6.23 Å². The highest BCUT2D eigenvalue weighted by Crippen LogP contribution is 2.24. The van der Waals surface area contributed by atoms with E-state index in [-0.39, 0.29) is 24.2 Å². The molecule has 7 N–H and O–H groups in total. The predicted molar refractivity (Wildman–Crippen MR) is 106 cm³/mol. The second-order valence-electron chi connectivity index (χ2n) is 9.30. The topological polar surface area (TPSA) is 101 Å². The van der Waals surface area contributed by atoms with Crippen molar-refractivity contribution in [1.29, 1.82) is 0 Å². The summed E-state index contributed by atoms with van der Waals surface area (Å²) in [5.74, 6) is 0.534. The summed E-state index contributed by atoms with van der Waals surface area (Å²) >= 11 is 0. The maximum atomic E-state index is 11.4. The van der Waals surface area contributed by atoms with E-state index < -0.39 is 0 Å². The number of amides is 1. The fourth-order valence-electron chi connectivity index (χ4n) is 5.90. The van der Waals surface area contributed by atoms with E-state index in [4.69, 9.17) is 10.6 Å². The van der Waals surface area contributed by atoms with Gasteiger partial charge in [0.25, 0.3) is 0 Å². The minimum absolute atomic E-state index is 0.0722. The van der Waals surface area contributed by atoms with E-state index in [9.17, 15) is 4.79 Å². The molecule has 0 aromatic heterocycles. The van der Waals surface area contributed by atoms with Crippen LogP contribution in [-0.2, 0) is 9.63 Å². The smallest absolute Gasteiger partial charge is 0.220 e. The Bertz CT molecular complexity index is 527. The predicted octanol–water partition coefficient (Wildman–Crippen LogP) is -2.28. The number of carbonyl (C=O) groups is 1. The number of hydrogen-bond donors (Lipinski definition) is 5. The molecule has 0 saturated carbocycles. The van der Waals surface area contributed by atoms with Crippen LogP contribution in [0.5, 0.6) is 0 Å². The van der Waals surface area contributed by atoms with Crippen molar-refractivity contribution in [3.63, 3.8) is 0 Å². The maximum absolute atomic E-state index is 11.4. The number of piperidine rings is 2. The van der Waals surface area contributed by atoms with Crippen molar-refractivity contribution in [2.75, 3.05) is 32.7 Å². The first-order valence-corrected chi connectivity index (χ1v) is 11.5. The second-order valence-corrected chi connectivity index (χ2v) is 9.30. The molecule has 1 amide bonds. The van der Waals surface area contributed by atoms with E-state index in [1.54, 1.807) is 4.90 Å². The largest absolute Gasteiger partial charge is 0.369 e. The van der Waals surface area contributed by atoms with Gasteiger partial charge in [-0.15, -0.1) is 0 Å². The Morgan fingerprint density at radius 3 is 2.86 bits per heavy atom.